The van der Waals surface area contributed by atoms with Crippen LogP contribution in [0.4, 0.5) is 0 Å². The van der Waals surface area contributed by atoms with Crippen molar-refractivity contribution < 1.29 is 15.0 Å². The first-order chi connectivity index (χ1) is 6.66. The highest BCUT2D eigenvalue weighted by molar-refractivity contribution is 5.73. The standard InChI is InChI=1S/C10H17NO3/c12-8-2-1-6-5-11-9(10(13)14)4-7(6)3-8/h6-9,11-12H,1-5H2,(H,13,14)/t6-,7+,8-,9-/m0/s1. The van der Waals surface area contributed by atoms with Gasteiger partial charge in [0.25, 0.3) is 0 Å². The molecule has 1 heterocycles. The number of aliphatic hydroxyl groups is 1. The van der Waals surface area contributed by atoms with E-state index in [4.69, 9.17) is 5.11 Å². The van der Waals surface area contributed by atoms with Gasteiger partial charge in [-0.1, -0.05) is 0 Å². The zero-order valence-electron chi connectivity index (χ0n) is 8.15. The minimum absolute atomic E-state index is 0.205. The fourth-order valence-electron chi connectivity index (χ4n) is 2.73. The van der Waals surface area contributed by atoms with Gasteiger partial charge in [0, 0.05) is 0 Å². The van der Waals surface area contributed by atoms with Gasteiger partial charge in [-0.3, -0.25) is 4.79 Å². The molecule has 1 saturated heterocycles. The monoisotopic (exact) mass is 199 g/mol. The first-order valence-corrected chi connectivity index (χ1v) is 5.31. The number of carboxylic acid groups (broad SMARTS) is 1. The molecule has 3 N–H and O–H groups in total. The van der Waals surface area contributed by atoms with Crippen LogP contribution in [0.2, 0.25) is 0 Å². The van der Waals surface area contributed by atoms with Gasteiger partial charge in [-0.05, 0) is 44.1 Å². The van der Waals surface area contributed by atoms with E-state index in [9.17, 15) is 9.90 Å². The van der Waals surface area contributed by atoms with E-state index in [1.165, 1.54) is 0 Å². The minimum Gasteiger partial charge on any atom is -0.480 e. The van der Waals surface area contributed by atoms with Gasteiger partial charge in [0.05, 0.1) is 6.10 Å². The van der Waals surface area contributed by atoms with Crippen molar-refractivity contribution in [3.8, 4) is 0 Å². The Morgan fingerprint density at radius 2 is 2.00 bits per heavy atom. The number of aliphatic carboxylic acids is 1. The summed E-state index contributed by atoms with van der Waals surface area (Å²) in [6.45, 7) is 0.800. The third kappa shape index (κ3) is 1.91. The summed E-state index contributed by atoms with van der Waals surface area (Å²) in [6.07, 6.45) is 3.17. The Balaban J connectivity index is 1.96. The Morgan fingerprint density at radius 1 is 1.21 bits per heavy atom. The molecule has 2 fully saturated rings. The lowest BCUT2D eigenvalue weighted by Crippen LogP contribution is -2.50. The molecule has 4 atom stereocenters. The molecule has 14 heavy (non-hydrogen) atoms. The van der Waals surface area contributed by atoms with E-state index in [2.05, 4.69) is 5.32 Å². The van der Waals surface area contributed by atoms with Crippen molar-refractivity contribution in [2.75, 3.05) is 6.54 Å². The number of aliphatic hydroxyl groups excluding tert-OH is 1. The maximum absolute atomic E-state index is 10.8. The third-order valence-electron chi connectivity index (χ3n) is 3.58. The number of hydrogen-bond acceptors (Lipinski definition) is 3. The van der Waals surface area contributed by atoms with Crippen molar-refractivity contribution in [1.82, 2.24) is 5.32 Å². The van der Waals surface area contributed by atoms with Crippen LogP contribution in [0.15, 0.2) is 0 Å². The quantitative estimate of drug-likeness (QED) is 0.564. The Morgan fingerprint density at radius 3 is 2.71 bits per heavy atom. The SMILES string of the molecule is O=C(O)[C@@H]1C[C@H]2C[C@@H](O)CC[C@H]2CN1. The molecule has 0 amide bonds. The molecule has 0 radical (unpaired) electrons. The molecule has 4 nitrogen and oxygen atoms in total. The first kappa shape index (κ1) is 9.93. The zero-order chi connectivity index (χ0) is 10.1. The highest BCUT2D eigenvalue weighted by atomic mass is 16.4. The molecule has 0 aromatic carbocycles. The van der Waals surface area contributed by atoms with Crippen LogP contribution in [-0.4, -0.2) is 34.9 Å². The number of fused-ring (bicyclic) bond motifs is 1. The molecular formula is C10H17NO3. The van der Waals surface area contributed by atoms with Crippen LogP contribution in [0.1, 0.15) is 25.7 Å². The molecule has 0 unspecified atom stereocenters. The lowest BCUT2D eigenvalue weighted by Gasteiger charge is -2.40. The van der Waals surface area contributed by atoms with E-state index in [1.807, 2.05) is 0 Å². The van der Waals surface area contributed by atoms with Crippen molar-refractivity contribution in [3.05, 3.63) is 0 Å². The van der Waals surface area contributed by atoms with Gasteiger partial charge < -0.3 is 15.5 Å². The minimum atomic E-state index is -0.761. The number of rotatable bonds is 1. The summed E-state index contributed by atoms with van der Waals surface area (Å²) < 4.78 is 0. The molecule has 0 aromatic heterocycles. The van der Waals surface area contributed by atoms with Crippen LogP contribution in [0.3, 0.4) is 0 Å². The smallest absolute Gasteiger partial charge is 0.320 e. The van der Waals surface area contributed by atoms with E-state index in [1.54, 1.807) is 0 Å². The van der Waals surface area contributed by atoms with Gasteiger partial charge in [0.15, 0.2) is 0 Å². The van der Waals surface area contributed by atoms with Gasteiger partial charge in [0.1, 0.15) is 6.04 Å². The molecule has 4 heteroatoms. The summed E-state index contributed by atoms with van der Waals surface area (Å²) in [4.78, 5) is 10.8. The molecule has 1 aliphatic heterocycles. The second-order valence-corrected chi connectivity index (χ2v) is 4.52. The zero-order valence-corrected chi connectivity index (χ0v) is 8.15. The van der Waals surface area contributed by atoms with Crippen molar-refractivity contribution in [2.24, 2.45) is 11.8 Å². The molecular weight excluding hydrogens is 182 g/mol. The summed E-state index contributed by atoms with van der Waals surface area (Å²) >= 11 is 0. The molecule has 0 bridgehead atoms. The fourth-order valence-corrected chi connectivity index (χ4v) is 2.73. The number of carbonyl (C=O) groups is 1. The van der Waals surface area contributed by atoms with Crippen molar-refractivity contribution >= 4 is 5.97 Å². The van der Waals surface area contributed by atoms with Crippen LogP contribution in [0.25, 0.3) is 0 Å². The Kier molecular flexibility index (Phi) is 2.74. The molecule has 0 spiro atoms. The van der Waals surface area contributed by atoms with Gasteiger partial charge in [-0.2, -0.15) is 0 Å². The van der Waals surface area contributed by atoms with Crippen LogP contribution in [-0.2, 0) is 4.79 Å². The van der Waals surface area contributed by atoms with E-state index in [-0.39, 0.29) is 6.10 Å². The number of carboxylic acids is 1. The summed E-state index contributed by atoms with van der Waals surface area (Å²) in [6, 6.07) is -0.401. The normalized spacial score (nSPS) is 42.9. The second-order valence-electron chi connectivity index (χ2n) is 4.52. The van der Waals surface area contributed by atoms with E-state index >= 15 is 0 Å². The van der Waals surface area contributed by atoms with Gasteiger partial charge >= 0.3 is 5.97 Å². The van der Waals surface area contributed by atoms with Crippen LogP contribution < -0.4 is 5.32 Å². The van der Waals surface area contributed by atoms with Crippen molar-refractivity contribution in [3.63, 3.8) is 0 Å². The molecule has 1 saturated carbocycles. The number of hydrogen-bond donors (Lipinski definition) is 3. The Bertz CT molecular complexity index is 231. The Labute approximate surface area is 83.3 Å². The van der Waals surface area contributed by atoms with Crippen LogP contribution in [0.5, 0.6) is 0 Å². The lowest BCUT2D eigenvalue weighted by molar-refractivity contribution is -0.141. The average molecular weight is 199 g/mol. The largest absolute Gasteiger partial charge is 0.480 e. The summed E-state index contributed by atoms with van der Waals surface area (Å²) in [5.41, 5.74) is 0. The summed E-state index contributed by atoms with van der Waals surface area (Å²) in [5, 5.41) is 21.4. The van der Waals surface area contributed by atoms with Crippen molar-refractivity contribution in [1.29, 1.82) is 0 Å². The second kappa shape index (κ2) is 3.87. The topological polar surface area (TPSA) is 69.6 Å². The fraction of sp³-hybridized carbons (Fsp3) is 0.900. The van der Waals surface area contributed by atoms with Crippen LogP contribution in [0, 0.1) is 11.8 Å². The van der Waals surface area contributed by atoms with Crippen LogP contribution >= 0.6 is 0 Å². The summed E-state index contributed by atoms with van der Waals surface area (Å²) in [5.74, 6) is 0.221. The molecule has 2 rings (SSSR count). The predicted octanol–water partition coefficient (Wildman–Crippen LogP) is 0.210. The van der Waals surface area contributed by atoms with E-state index in [0.29, 0.717) is 18.3 Å². The van der Waals surface area contributed by atoms with Gasteiger partial charge in [0.2, 0.25) is 0 Å². The average Bonchev–Trinajstić information content (AvgIpc) is 2.16. The predicted molar refractivity (Wildman–Crippen MR) is 50.9 cm³/mol. The first-order valence-electron chi connectivity index (χ1n) is 5.31. The highest BCUT2D eigenvalue weighted by Crippen LogP contribution is 2.35. The van der Waals surface area contributed by atoms with E-state index < -0.39 is 12.0 Å². The maximum Gasteiger partial charge on any atom is 0.320 e. The van der Waals surface area contributed by atoms with Gasteiger partial charge in [-0.25, -0.2) is 0 Å². The highest BCUT2D eigenvalue weighted by Gasteiger charge is 2.36. The molecule has 2 aliphatic rings. The maximum atomic E-state index is 10.8. The Hall–Kier alpha value is -0.610. The third-order valence-corrected chi connectivity index (χ3v) is 3.58. The molecule has 0 aromatic rings. The van der Waals surface area contributed by atoms with E-state index in [0.717, 1.165) is 25.8 Å². The number of nitrogens with one attached hydrogen (secondary N) is 1. The lowest BCUT2D eigenvalue weighted by atomic mass is 9.72. The summed E-state index contributed by atoms with van der Waals surface area (Å²) in [7, 11) is 0. The molecule has 80 valence electrons. The van der Waals surface area contributed by atoms with Gasteiger partial charge in [-0.15, -0.1) is 0 Å². The van der Waals surface area contributed by atoms with Crippen molar-refractivity contribution in [2.45, 2.75) is 37.8 Å². The number of piperidine rings is 1. The molecule has 1 aliphatic carbocycles.